The smallest absolute Gasteiger partial charge is 0.410 e. The molecule has 5 rings (SSSR count). The molecule has 0 unspecified atom stereocenters. The molecule has 1 aliphatic carbocycles. The highest BCUT2D eigenvalue weighted by molar-refractivity contribution is 5.87. The molecule has 1 N–H and O–H groups in total. The van der Waals surface area contributed by atoms with Gasteiger partial charge in [0.25, 0.3) is 0 Å². The molecule has 3 aromatic rings. The lowest BCUT2D eigenvalue weighted by Crippen LogP contribution is -2.50. The van der Waals surface area contributed by atoms with E-state index >= 15 is 0 Å². The van der Waals surface area contributed by atoms with Crippen molar-refractivity contribution in [2.75, 3.05) is 36.4 Å². The minimum Gasteiger partial charge on any atom is -0.444 e. The molecule has 0 spiro atoms. The summed E-state index contributed by atoms with van der Waals surface area (Å²) in [7, 11) is 0. The minimum absolute atomic E-state index is 0.267. The Morgan fingerprint density at radius 1 is 1.08 bits per heavy atom. The highest BCUT2D eigenvalue weighted by Gasteiger charge is 2.26. The van der Waals surface area contributed by atoms with Crippen molar-refractivity contribution in [1.82, 2.24) is 24.4 Å². The molecule has 10 nitrogen and oxygen atoms in total. The lowest BCUT2D eigenvalue weighted by atomic mass is 10.2. The van der Waals surface area contributed by atoms with Crippen LogP contribution in [0, 0.1) is 0 Å². The molecule has 0 atom stereocenters. The third-order valence-corrected chi connectivity index (χ3v) is 6.70. The fraction of sp³-hybridized carbons (Fsp3) is 0.500. The minimum atomic E-state index is -0.494. The van der Waals surface area contributed by atoms with Crippen LogP contribution in [0.1, 0.15) is 63.0 Å². The maximum atomic E-state index is 12.3. The molecule has 36 heavy (non-hydrogen) atoms. The standard InChI is InChI=1S/C26H33N7O3/c1-26(2,3)36-25(35)32-12-10-31(11-13-32)20-8-9-22(27-16-20)29-24-28-15-18-14-21(17-34)33(23(18)30-24)19-6-4-5-7-19/h8-9,14-17,19H,4-7,10-13H2,1-3H3,(H,27,28,29,30). The van der Waals surface area contributed by atoms with Crippen molar-refractivity contribution in [2.24, 2.45) is 0 Å². The summed E-state index contributed by atoms with van der Waals surface area (Å²) in [4.78, 5) is 41.6. The fourth-order valence-corrected chi connectivity index (χ4v) is 4.96. The van der Waals surface area contributed by atoms with E-state index in [2.05, 4.69) is 24.8 Å². The van der Waals surface area contributed by atoms with E-state index in [-0.39, 0.29) is 6.09 Å². The summed E-state index contributed by atoms with van der Waals surface area (Å²) in [5.41, 5.74) is 1.93. The number of aromatic nitrogens is 4. The quantitative estimate of drug-likeness (QED) is 0.518. The topological polar surface area (TPSA) is 105 Å². The lowest BCUT2D eigenvalue weighted by molar-refractivity contribution is 0.0240. The first kappa shape index (κ1) is 24.0. The van der Waals surface area contributed by atoms with Crippen molar-refractivity contribution in [3.05, 3.63) is 36.3 Å². The molecule has 2 fully saturated rings. The second-order valence-corrected chi connectivity index (χ2v) is 10.4. The number of fused-ring (bicyclic) bond motifs is 1. The number of ether oxygens (including phenoxy) is 1. The molecule has 0 bridgehead atoms. The van der Waals surface area contributed by atoms with Gasteiger partial charge in [-0.2, -0.15) is 4.98 Å². The lowest BCUT2D eigenvalue weighted by Gasteiger charge is -2.36. The summed E-state index contributed by atoms with van der Waals surface area (Å²) in [5.74, 6) is 1.09. The first-order valence-corrected chi connectivity index (χ1v) is 12.6. The Bertz CT molecular complexity index is 1230. The summed E-state index contributed by atoms with van der Waals surface area (Å²) >= 11 is 0. The number of nitrogens with zero attached hydrogens (tertiary/aromatic N) is 6. The Balaban J connectivity index is 1.25. The Hall–Kier alpha value is -3.69. The molecule has 1 aliphatic heterocycles. The van der Waals surface area contributed by atoms with Gasteiger partial charge in [-0.15, -0.1) is 0 Å². The van der Waals surface area contributed by atoms with Crippen LogP contribution in [-0.2, 0) is 4.74 Å². The van der Waals surface area contributed by atoms with Crippen molar-refractivity contribution >= 4 is 40.9 Å². The highest BCUT2D eigenvalue weighted by Crippen LogP contribution is 2.34. The van der Waals surface area contributed by atoms with Gasteiger partial charge in [-0.1, -0.05) is 12.8 Å². The predicted molar refractivity (Wildman–Crippen MR) is 138 cm³/mol. The van der Waals surface area contributed by atoms with Gasteiger partial charge in [0.1, 0.15) is 17.1 Å². The number of pyridine rings is 1. The molecule has 190 valence electrons. The Morgan fingerprint density at radius 3 is 2.47 bits per heavy atom. The van der Waals surface area contributed by atoms with Crippen LogP contribution in [-0.4, -0.2) is 68.6 Å². The number of aldehydes is 1. The summed E-state index contributed by atoms with van der Waals surface area (Å²) in [6, 6.07) is 6.07. The van der Waals surface area contributed by atoms with Gasteiger partial charge >= 0.3 is 6.09 Å². The monoisotopic (exact) mass is 491 g/mol. The first-order chi connectivity index (χ1) is 17.3. The molecule has 0 radical (unpaired) electrons. The Labute approximate surface area is 210 Å². The average molecular weight is 492 g/mol. The van der Waals surface area contributed by atoms with E-state index < -0.39 is 5.60 Å². The fourth-order valence-electron chi connectivity index (χ4n) is 4.96. The van der Waals surface area contributed by atoms with Gasteiger partial charge in [0.15, 0.2) is 6.29 Å². The number of amides is 1. The predicted octanol–water partition coefficient (Wildman–Crippen LogP) is 4.55. The molecule has 10 heteroatoms. The van der Waals surface area contributed by atoms with Crippen LogP contribution in [0.2, 0.25) is 0 Å². The van der Waals surface area contributed by atoms with E-state index in [4.69, 9.17) is 9.72 Å². The van der Waals surface area contributed by atoms with E-state index in [1.165, 1.54) is 12.8 Å². The zero-order chi connectivity index (χ0) is 25.3. The van der Waals surface area contributed by atoms with E-state index in [1.807, 2.05) is 45.2 Å². The average Bonchev–Trinajstić information content (AvgIpc) is 3.51. The van der Waals surface area contributed by atoms with Crippen LogP contribution >= 0.6 is 0 Å². The Morgan fingerprint density at radius 2 is 1.83 bits per heavy atom. The molecular formula is C26H33N7O3. The number of nitrogens with one attached hydrogen (secondary N) is 1. The molecule has 4 heterocycles. The number of anilines is 3. The van der Waals surface area contributed by atoms with Gasteiger partial charge in [-0.25, -0.2) is 14.8 Å². The number of hydrogen-bond donors (Lipinski definition) is 1. The van der Waals surface area contributed by atoms with E-state index in [0.29, 0.717) is 49.7 Å². The Kier molecular flexibility index (Phi) is 6.51. The summed E-state index contributed by atoms with van der Waals surface area (Å²) in [5, 5.41) is 4.06. The highest BCUT2D eigenvalue weighted by atomic mass is 16.6. The van der Waals surface area contributed by atoms with Crippen molar-refractivity contribution < 1.29 is 14.3 Å². The summed E-state index contributed by atoms with van der Waals surface area (Å²) < 4.78 is 7.54. The zero-order valence-corrected chi connectivity index (χ0v) is 21.1. The van der Waals surface area contributed by atoms with Crippen LogP contribution in [0.5, 0.6) is 0 Å². The second-order valence-electron chi connectivity index (χ2n) is 10.4. The van der Waals surface area contributed by atoms with E-state index in [9.17, 15) is 9.59 Å². The number of piperazine rings is 1. The van der Waals surface area contributed by atoms with E-state index in [1.54, 1.807) is 11.1 Å². The molecule has 1 saturated heterocycles. The van der Waals surface area contributed by atoms with Crippen molar-refractivity contribution in [3.63, 3.8) is 0 Å². The summed E-state index contributed by atoms with van der Waals surface area (Å²) in [6.45, 7) is 8.26. The van der Waals surface area contributed by atoms with Crippen LogP contribution < -0.4 is 10.2 Å². The molecule has 1 amide bonds. The van der Waals surface area contributed by atoms with Crippen LogP contribution in [0.4, 0.5) is 22.2 Å². The number of carbonyl (C=O) groups is 2. The van der Waals surface area contributed by atoms with Gasteiger partial charge in [-0.3, -0.25) is 4.79 Å². The number of carbonyl (C=O) groups excluding carboxylic acids is 2. The third-order valence-electron chi connectivity index (χ3n) is 6.70. The molecule has 2 aliphatic rings. The van der Waals surface area contributed by atoms with Gasteiger partial charge in [-0.05, 0) is 51.8 Å². The van der Waals surface area contributed by atoms with Crippen LogP contribution in [0.15, 0.2) is 30.6 Å². The van der Waals surface area contributed by atoms with Crippen molar-refractivity contribution in [2.45, 2.75) is 58.1 Å². The second kappa shape index (κ2) is 9.75. The van der Waals surface area contributed by atoms with Crippen molar-refractivity contribution in [3.8, 4) is 0 Å². The summed E-state index contributed by atoms with van der Waals surface area (Å²) in [6.07, 6.45) is 8.67. The van der Waals surface area contributed by atoms with Crippen LogP contribution in [0.3, 0.4) is 0 Å². The van der Waals surface area contributed by atoms with Gasteiger partial charge in [0, 0.05) is 43.8 Å². The van der Waals surface area contributed by atoms with Gasteiger partial charge < -0.3 is 24.4 Å². The van der Waals surface area contributed by atoms with Gasteiger partial charge in [0.2, 0.25) is 5.95 Å². The zero-order valence-electron chi connectivity index (χ0n) is 21.1. The normalized spacial score (nSPS) is 17.0. The molecule has 0 aromatic carbocycles. The third kappa shape index (κ3) is 5.12. The molecule has 1 saturated carbocycles. The number of hydrogen-bond acceptors (Lipinski definition) is 8. The van der Waals surface area contributed by atoms with Gasteiger partial charge in [0.05, 0.1) is 17.6 Å². The molecular weight excluding hydrogens is 458 g/mol. The maximum Gasteiger partial charge on any atom is 0.410 e. The van der Waals surface area contributed by atoms with Crippen molar-refractivity contribution in [1.29, 1.82) is 0 Å². The van der Waals surface area contributed by atoms with E-state index in [0.717, 1.165) is 35.8 Å². The van der Waals surface area contributed by atoms with Crippen LogP contribution in [0.25, 0.3) is 11.0 Å². The largest absolute Gasteiger partial charge is 0.444 e. The maximum absolute atomic E-state index is 12.3. The SMILES string of the molecule is CC(C)(C)OC(=O)N1CCN(c2ccc(Nc3ncc4cc(C=O)n(C5CCCC5)c4n3)nc2)CC1. The number of rotatable bonds is 5. The first-order valence-electron chi connectivity index (χ1n) is 12.6. The molecule has 3 aromatic heterocycles.